The molecule has 0 atom stereocenters. The summed E-state index contributed by atoms with van der Waals surface area (Å²) in [5.41, 5.74) is 9.12. The molecular formula is C21H20N2O3S. The second-order valence-electron chi connectivity index (χ2n) is 6.99. The van der Waals surface area contributed by atoms with Crippen molar-refractivity contribution in [2.75, 3.05) is 0 Å². The maximum absolute atomic E-state index is 13.0. The van der Waals surface area contributed by atoms with Gasteiger partial charge >= 0.3 is 0 Å². The lowest BCUT2D eigenvalue weighted by Crippen LogP contribution is -2.15. The van der Waals surface area contributed by atoms with E-state index in [0.717, 1.165) is 22.2 Å². The van der Waals surface area contributed by atoms with Gasteiger partial charge in [-0.05, 0) is 43.7 Å². The number of hydrogen-bond acceptors (Lipinski definition) is 3. The monoisotopic (exact) mass is 380 g/mol. The lowest BCUT2D eigenvalue weighted by molar-refractivity contribution is 0.100. The molecule has 0 radical (unpaired) electrons. The second kappa shape index (κ2) is 6.09. The zero-order chi connectivity index (χ0) is 19.3. The Morgan fingerprint density at radius 1 is 1.15 bits per heavy atom. The first kappa shape index (κ1) is 17.5. The van der Waals surface area contributed by atoms with E-state index in [4.69, 9.17) is 5.73 Å². The fraction of sp³-hybridized carbons (Fsp3) is 0.190. The number of allylic oxidation sites excluding steroid dienone is 1. The number of nitrogens with zero attached hydrogens (tertiary/aromatic N) is 1. The molecule has 1 aromatic heterocycles. The Morgan fingerprint density at radius 2 is 1.93 bits per heavy atom. The van der Waals surface area contributed by atoms with Crippen molar-refractivity contribution in [3.05, 3.63) is 59.7 Å². The summed E-state index contributed by atoms with van der Waals surface area (Å²) in [6, 6.07) is 12.7. The van der Waals surface area contributed by atoms with Crippen LogP contribution in [0, 0.1) is 0 Å². The summed E-state index contributed by atoms with van der Waals surface area (Å²) in [4.78, 5) is 11.9. The van der Waals surface area contributed by atoms with Gasteiger partial charge in [-0.1, -0.05) is 30.4 Å². The van der Waals surface area contributed by atoms with Crippen LogP contribution in [0.3, 0.4) is 0 Å². The van der Waals surface area contributed by atoms with Crippen LogP contribution in [0.25, 0.3) is 28.2 Å². The van der Waals surface area contributed by atoms with Crippen molar-refractivity contribution in [2.45, 2.75) is 30.5 Å². The highest BCUT2D eigenvalue weighted by molar-refractivity contribution is 7.92. The summed E-state index contributed by atoms with van der Waals surface area (Å²) in [5, 5.41) is 0.420. The van der Waals surface area contributed by atoms with Crippen molar-refractivity contribution in [2.24, 2.45) is 5.73 Å². The molecule has 1 aliphatic heterocycles. The predicted molar refractivity (Wildman–Crippen MR) is 107 cm³/mol. The molecule has 4 rings (SSSR count). The molecule has 0 saturated carbocycles. The maximum Gasteiger partial charge on any atom is 0.248 e. The predicted octanol–water partition coefficient (Wildman–Crippen LogP) is 3.62. The molecule has 0 spiro atoms. The number of benzene rings is 2. The molecule has 138 valence electrons. The molecule has 27 heavy (non-hydrogen) atoms. The number of nitrogens with two attached hydrogens (primary N) is 1. The van der Waals surface area contributed by atoms with E-state index in [1.54, 1.807) is 38.1 Å². The first-order valence-corrected chi connectivity index (χ1v) is 10.3. The van der Waals surface area contributed by atoms with Crippen LogP contribution in [-0.2, 0) is 16.4 Å². The van der Waals surface area contributed by atoms with Crippen molar-refractivity contribution in [3.8, 4) is 11.3 Å². The van der Waals surface area contributed by atoms with Crippen molar-refractivity contribution in [1.82, 2.24) is 4.57 Å². The molecule has 0 aliphatic carbocycles. The lowest BCUT2D eigenvalue weighted by Gasteiger charge is -2.16. The third-order valence-corrected chi connectivity index (χ3v) is 7.21. The maximum atomic E-state index is 13.0. The number of rotatable bonds is 3. The minimum absolute atomic E-state index is 0.334. The first-order chi connectivity index (χ1) is 12.8. The SMILES string of the molecule is CC(C)S(=O)(=O)c1cccc2c1-c1cc3ccc(C(N)=O)cc3n1CC=C2. The first-order valence-electron chi connectivity index (χ1n) is 8.77. The summed E-state index contributed by atoms with van der Waals surface area (Å²) in [7, 11) is -3.46. The molecule has 0 saturated heterocycles. The average Bonchev–Trinajstić information content (AvgIpc) is 2.88. The Kier molecular flexibility index (Phi) is 3.96. The molecule has 2 N–H and O–H groups in total. The lowest BCUT2D eigenvalue weighted by atomic mass is 10.0. The van der Waals surface area contributed by atoms with Crippen LogP contribution in [0.1, 0.15) is 29.8 Å². The quantitative estimate of drug-likeness (QED) is 0.753. The van der Waals surface area contributed by atoms with Crippen LogP contribution in [0.4, 0.5) is 0 Å². The van der Waals surface area contributed by atoms with Crippen molar-refractivity contribution in [1.29, 1.82) is 0 Å². The van der Waals surface area contributed by atoms with Gasteiger partial charge in [-0.3, -0.25) is 4.79 Å². The standard InChI is InChI=1S/C21H20N2O3S/c1-13(2)27(25,26)19-7-3-5-14-6-4-10-23-17-12-16(21(22)24)9-8-15(17)11-18(23)20(14)19/h3-9,11-13H,10H2,1-2H3,(H2,22,24). The van der Waals surface area contributed by atoms with Crippen LogP contribution in [-0.4, -0.2) is 24.1 Å². The second-order valence-corrected chi connectivity index (χ2v) is 9.47. The van der Waals surface area contributed by atoms with Crippen LogP contribution >= 0.6 is 0 Å². The van der Waals surface area contributed by atoms with Gasteiger partial charge in [0.2, 0.25) is 5.91 Å². The van der Waals surface area contributed by atoms with Gasteiger partial charge in [0.1, 0.15) is 0 Å². The Morgan fingerprint density at radius 3 is 2.63 bits per heavy atom. The van der Waals surface area contributed by atoms with E-state index in [1.165, 1.54) is 0 Å². The molecular weight excluding hydrogens is 360 g/mol. The smallest absolute Gasteiger partial charge is 0.248 e. The van der Waals surface area contributed by atoms with E-state index in [-0.39, 0.29) is 0 Å². The number of sulfone groups is 1. The van der Waals surface area contributed by atoms with Crippen molar-refractivity contribution in [3.63, 3.8) is 0 Å². The number of amides is 1. The molecule has 0 fully saturated rings. The Hall–Kier alpha value is -2.86. The van der Waals surface area contributed by atoms with Crippen molar-refractivity contribution >= 4 is 32.7 Å². The third kappa shape index (κ3) is 2.68. The van der Waals surface area contributed by atoms with Gasteiger partial charge in [0, 0.05) is 28.6 Å². The third-order valence-electron chi connectivity index (χ3n) is 5.02. The number of aromatic nitrogens is 1. The molecule has 2 aromatic carbocycles. The Bertz CT molecular complexity index is 1220. The number of carbonyl (C=O) groups excluding carboxylic acids is 1. The number of fused-ring (bicyclic) bond motifs is 5. The Labute approximate surface area is 158 Å². The molecule has 1 amide bonds. The molecule has 2 heterocycles. The Balaban J connectivity index is 2.08. The molecule has 1 aliphatic rings. The topological polar surface area (TPSA) is 82.2 Å². The number of hydrogen-bond donors (Lipinski definition) is 1. The van der Waals surface area contributed by atoms with Gasteiger partial charge in [0.15, 0.2) is 9.84 Å². The van der Waals surface area contributed by atoms with Crippen LogP contribution in [0.15, 0.2) is 53.4 Å². The van der Waals surface area contributed by atoms with Gasteiger partial charge in [-0.25, -0.2) is 8.42 Å². The van der Waals surface area contributed by atoms with E-state index >= 15 is 0 Å². The minimum Gasteiger partial charge on any atom is -0.366 e. The van der Waals surface area contributed by atoms with Crippen molar-refractivity contribution < 1.29 is 13.2 Å². The van der Waals surface area contributed by atoms with E-state index in [1.807, 2.05) is 34.9 Å². The normalized spacial score (nSPS) is 13.4. The average molecular weight is 380 g/mol. The summed E-state index contributed by atoms with van der Waals surface area (Å²) < 4.78 is 28.0. The van der Waals surface area contributed by atoms with Gasteiger partial charge in [-0.2, -0.15) is 0 Å². The van der Waals surface area contributed by atoms with Crippen LogP contribution < -0.4 is 5.73 Å². The van der Waals surface area contributed by atoms with E-state index < -0.39 is 21.0 Å². The number of primary amides is 1. The van der Waals surface area contributed by atoms with Gasteiger partial charge < -0.3 is 10.3 Å². The van der Waals surface area contributed by atoms with Crippen LogP contribution in [0.2, 0.25) is 0 Å². The fourth-order valence-electron chi connectivity index (χ4n) is 3.55. The fourth-order valence-corrected chi connectivity index (χ4v) is 4.83. The van der Waals surface area contributed by atoms with Crippen LogP contribution in [0.5, 0.6) is 0 Å². The minimum atomic E-state index is -3.46. The van der Waals surface area contributed by atoms with E-state index in [9.17, 15) is 13.2 Å². The highest BCUT2D eigenvalue weighted by atomic mass is 32.2. The van der Waals surface area contributed by atoms with Gasteiger partial charge in [0.25, 0.3) is 0 Å². The molecule has 3 aromatic rings. The highest BCUT2D eigenvalue weighted by Crippen LogP contribution is 2.38. The number of carbonyl (C=O) groups is 1. The summed E-state index contributed by atoms with van der Waals surface area (Å²) in [5.74, 6) is -0.486. The molecule has 5 nitrogen and oxygen atoms in total. The summed E-state index contributed by atoms with van der Waals surface area (Å²) >= 11 is 0. The molecule has 0 unspecified atom stereocenters. The highest BCUT2D eigenvalue weighted by Gasteiger charge is 2.27. The zero-order valence-electron chi connectivity index (χ0n) is 15.1. The summed E-state index contributed by atoms with van der Waals surface area (Å²) in [6.07, 6.45) is 3.95. The summed E-state index contributed by atoms with van der Waals surface area (Å²) in [6.45, 7) is 3.96. The van der Waals surface area contributed by atoms with E-state index in [0.29, 0.717) is 22.6 Å². The zero-order valence-corrected chi connectivity index (χ0v) is 16.0. The largest absolute Gasteiger partial charge is 0.366 e. The van der Waals surface area contributed by atoms with Gasteiger partial charge in [0.05, 0.1) is 15.8 Å². The van der Waals surface area contributed by atoms with Gasteiger partial charge in [-0.15, -0.1) is 0 Å². The molecule has 6 heteroatoms. The molecule has 0 bridgehead atoms. The van der Waals surface area contributed by atoms with E-state index in [2.05, 4.69) is 0 Å².